The number of carbonyl (C=O) groups excluding carboxylic acids is 3. The summed E-state index contributed by atoms with van der Waals surface area (Å²) in [5, 5.41) is 6.77. The minimum atomic E-state index is -1.01. The Hall–Kier alpha value is -3.30. The van der Waals surface area contributed by atoms with Gasteiger partial charge in [-0.05, 0) is 74.5 Å². The van der Waals surface area contributed by atoms with E-state index >= 15 is 0 Å². The second kappa shape index (κ2) is 11.2. The molecule has 5 rings (SSSR count). The summed E-state index contributed by atoms with van der Waals surface area (Å²) in [6.07, 6.45) is 2.63. The fourth-order valence-corrected chi connectivity index (χ4v) is 5.91. The second-order valence-electron chi connectivity index (χ2n) is 10.1. The standard InChI is InChI=1S/C28H33ClN4O5/c1-37-23-5-3-2-4-21(23)19-8-14-32(15-9-19)27(36)28(10-12-30-13-11-28)31-25(34)17-33-22-16-20(29)6-7-24(22)38-18-26(33)35/h2-7,16,19,30H,8-15,17-18H2,1H3,(H,31,34). The number of ether oxygens (including phenoxy) is 2. The predicted molar refractivity (Wildman–Crippen MR) is 144 cm³/mol. The Morgan fingerprint density at radius 3 is 2.63 bits per heavy atom. The number of fused-ring (bicyclic) bond motifs is 1. The third-order valence-corrected chi connectivity index (χ3v) is 8.01. The molecule has 0 aliphatic carbocycles. The summed E-state index contributed by atoms with van der Waals surface area (Å²) < 4.78 is 11.0. The minimum Gasteiger partial charge on any atom is -0.496 e. The minimum absolute atomic E-state index is 0.0532. The topological polar surface area (TPSA) is 100 Å². The van der Waals surface area contributed by atoms with Gasteiger partial charge in [0.1, 0.15) is 23.6 Å². The molecule has 202 valence electrons. The number of likely N-dealkylation sites (tertiary alicyclic amines) is 1. The van der Waals surface area contributed by atoms with Crippen molar-refractivity contribution in [2.45, 2.75) is 37.1 Å². The monoisotopic (exact) mass is 540 g/mol. The first-order chi connectivity index (χ1) is 18.4. The molecule has 10 heteroatoms. The van der Waals surface area contributed by atoms with Crippen molar-refractivity contribution in [3.63, 3.8) is 0 Å². The third kappa shape index (κ3) is 5.31. The highest BCUT2D eigenvalue weighted by molar-refractivity contribution is 6.31. The molecule has 38 heavy (non-hydrogen) atoms. The maximum Gasteiger partial charge on any atom is 0.265 e. The number of anilines is 1. The number of amides is 3. The number of hydrogen-bond acceptors (Lipinski definition) is 6. The first-order valence-electron chi connectivity index (χ1n) is 13.1. The maximum atomic E-state index is 13.9. The molecule has 0 saturated carbocycles. The molecule has 0 unspecified atom stereocenters. The maximum absolute atomic E-state index is 13.9. The van der Waals surface area contributed by atoms with E-state index in [-0.39, 0.29) is 30.9 Å². The smallest absolute Gasteiger partial charge is 0.265 e. The predicted octanol–water partition coefficient (Wildman–Crippen LogP) is 2.72. The average Bonchev–Trinajstić information content (AvgIpc) is 2.95. The first kappa shape index (κ1) is 26.3. The highest BCUT2D eigenvalue weighted by atomic mass is 35.5. The van der Waals surface area contributed by atoms with Gasteiger partial charge in [-0.15, -0.1) is 0 Å². The molecule has 3 heterocycles. The molecule has 9 nitrogen and oxygen atoms in total. The molecule has 3 aliphatic rings. The largest absolute Gasteiger partial charge is 0.496 e. The van der Waals surface area contributed by atoms with Gasteiger partial charge in [0.2, 0.25) is 11.8 Å². The van der Waals surface area contributed by atoms with E-state index in [9.17, 15) is 14.4 Å². The van der Waals surface area contributed by atoms with Crippen molar-refractivity contribution in [1.82, 2.24) is 15.5 Å². The summed E-state index contributed by atoms with van der Waals surface area (Å²) >= 11 is 6.14. The molecule has 3 amide bonds. The van der Waals surface area contributed by atoms with Gasteiger partial charge in [-0.1, -0.05) is 29.8 Å². The van der Waals surface area contributed by atoms with Crippen LogP contribution in [0.4, 0.5) is 5.69 Å². The summed E-state index contributed by atoms with van der Waals surface area (Å²) in [6.45, 7) is 2.10. The van der Waals surface area contributed by atoms with Crippen molar-refractivity contribution in [2.24, 2.45) is 0 Å². The van der Waals surface area contributed by atoms with Crippen LogP contribution in [0.3, 0.4) is 0 Å². The van der Waals surface area contributed by atoms with E-state index in [1.165, 1.54) is 10.5 Å². The molecular weight excluding hydrogens is 508 g/mol. The molecule has 0 radical (unpaired) electrons. The van der Waals surface area contributed by atoms with Gasteiger partial charge < -0.3 is 25.0 Å². The van der Waals surface area contributed by atoms with Crippen molar-refractivity contribution in [2.75, 3.05) is 51.3 Å². The zero-order valence-electron chi connectivity index (χ0n) is 21.5. The number of piperidine rings is 2. The van der Waals surface area contributed by atoms with E-state index in [2.05, 4.69) is 16.7 Å². The summed E-state index contributed by atoms with van der Waals surface area (Å²) in [6, 6.07) is 13.0. The summed E-state index contributed by atoms with van der Waals surface area (Å²) in [4.78, 5) is 43.1. The lowest BCUT2D eigenvalue weighted by molar-refractivity contribution is -0.144. The number of para-hydroxylation sites is 1. The van der Waals surface area contributed by atoms with Crippen molar-refractivity contribution in [3.05, 3.63) is 53.1 Å². The van der Waals surface area contributed by atoms with Crippen LogP contribution in [0.25, 0.3) is 0 Å². The zero-order chi connectivity index (χ0) is 26.7. The van der Waals surface area contributed by atoms with Crippen molar-refractivity contribution < 1.29 is 23.9 Å². The van der Waals surface area contributed by atoms with Gasteiger partial charge in [-0.2, -0.15) is 0 Å². The lowest BCUT2D eigenvalue weighted by Crippen LogP contribution is -2.65. The third-order valence-electron chi connectivity index (χ3n) is 7.77. The number of nitrogens with zero attached hydrogens (tertiary/aromatic N) is 2. The van der Waals surface area contributed by atoms with E-state index in [4.69, 9.17) is 21.1 Å². The Morgan fingerprint density at radius 2 is 1.89 bits per heavy atom. The number of benzene rings is 2. The van der Waals surface area contributed by atoms with Crippen LogP contribution in [-0.2, 0) is 14.4 Å². The van der Waals surface area contributed by atoms with E-state index in [0.29, 0.717) is 61.4 Å². The zero-order valence-corrected chi connectivity index (χ0v) is 22.3. The van der Waals surface area contributed by atoms with Crippen LogP contribution >= 0.6 is 11.6 Å². The van der Waals surface area contributed by atoms with Crippen molar-refractivity contribution >= 4 is 35.0 Å². The highest BCUT2D eigenvalue weighted by Crippen LogP contribution is 2.36. The molecule has 0 aromatic heterocycles. The number of rotatable bonds is 6. The number of carbonyl (C=O) groups is 3. The van der Waals surface area contributed by atoms with Gasteiger partial charge in [0.25, 0.3) is 5.91 Å². The summed E-state index contributed by atoms with van der Waals surface area (Å²) in [5.41, 5.74) is 0.613. The van der Waals surface area contributed by atoms with Crippen LogP contribution < -0.4 is 25.0 Å². The quantitative estimate of drug-likeness (QED) is 0.584. The van der Waals surface area contributed by atoms with Crippen LogP contribution in [0.5, 0.6) is 11.5 Å². The number of nitrogens with one attached hydrogen (secondary N) is 2. The van der Waals surface area contributed by atoms with Crippen molar-refractivity contribution in [1.29, 1.82) is 0 Å². The molecule has 3 aliphatic heterocycles. The SMILES string of the molecule is COc1ccccc1C1CCN(C(=O)C2(NC(=O)CN3C(=O)COc4ccc(Cl)cc43)CCNCC2)CC1. The fraction of sp³-hybridized carbons (Fsp3) is 0.464. The van der Waals surface area contributed by atoms with Gasteiger partial charge in [-0.25, -0.2) is 0 Å². The number of hydrogen-bond donors (Lipinski definition) is 2. The van der Waals surface area contributed by atoms with Crippen molar-refractivity contribution in [3.8, 4) is 11.5 Å². The van der Waals surface area contributed by atoms with Gasteiger partial charge in [0, 0.05) is 18.1 Å². The van der Waals surface area contributed by atoms with Gasteiger partial charge in [0.05, 0.1) is 12.8 Å². The van der Waals surface area contributed by atoms with Crippen LogP contribution in [0, 0.1) is 0 Å². The van der Waals surface area contributed by atoms with Gasteiger partial charge in [-0.3, -0.25) is 19.3 Å². The molecule has 0 spiro atoms. The molecule has 0 atom stereocenters. The van der Waals surface area contributed by atoms with Gasteiger partial charge >= 0.3 is 0 Å². The Labute approximate surface area is 227 Å². The normalized spacial score (nSPS) is 19.4. The molecule has 2 aromatic rings. The molecule has 2 N–H and O–H groups in total. The van der Waals surface area contributed by atoms with Crippen LogP contribution in [0.15, 0.2) is 42.5 Å². The second-order valence-corrected chi connectivity index (χ2v) is 10.5. The van der Waals surface area contributed by atoms with Crippen LogP contribution in [0.1, 0.15) is 37.2 Å². The van der Waals surface area contributed by atoms with Gasteiger partial charge in [0.15, 0.2) is 6.61 Å². The van der Waals surface area contributed by atoms with E-state index in [0.717, 1.165) is 18.6 Å². The molecular formula is C28H33ClN4O5. The Bertz CT molecular complexity index is 1210. The fourth-order valence-electron chi connectivity index (χ4n) is 5.74. The first-order valence-corrected chi connectivity index (χ1v) is 13.4. The molecule has 0 bridgehead atoms. The Balaban J connectivity index is 1.28. The van der Waals surface area contributed by atoms with Crippen LogP contribution in [-0.4, -0.2) is 74.6 Å². The molecule has 2 fully saturated rings. The number of methoxy groups -OCH3 is 1. The van der Waals surface area contributed by atoms with E-state index in [1.54, 1.807) is 25.3 Å². The van der Waals surface area contributed by atoms with E-state index in [1.807, 2.05) is 23.1 Å². The van der Waals surface area contributed by atoms with E-state index < -0.39 is 5.54 Å². The Kier molecular flexibility index (Phi) is 7.76. The molecule has 2 aromatic carbocycles. The van der Waals surface area contributed by atoms with Crippen LogP contribution in [0.2, 0.25) is 5.02 Å². The highest BCUT2D eigenvalue weighted by Gasteiger charge is 2.44. The molecule has 2 saturated heterocycles. The average molecular weight is 541 g/mol. The lowest BCUT2D eigenvalue weighted by Gasteiger charge is -2.43. The summed E-state index contributed by atoms with van der Waals surface area (Å²) in [5.74, 6) is 0.909. The lowest BCUT2D eigenvalue weighted by atomic mass is 9.84. The number of halogens is 1. The Morgan fingerprint density at radius 1 is 1.16 bits per heavy atom. The summed E-state index contributed by atoms with van der Waals surface area (Å²) in [7, 11) is 1.68.